The SMILES string of the molecule is O=C(CN1CCN(Cc2csc(-c3ccccc3)n2)CC1)N1CCCCC1. The van der Waals surface area contributed by atoms with Crippen molar-refractivity contribution >= 4 is 17.2 Å². The summed E-state index contributed by atoms with van der Waals surface area (Å²) in [6, 6.07) is 10.4. The van der Waals surface area contributed by atoms with Crippen molar-refractivity contribution in [1.82, 2.24) is 19.7 Å². The Balaban J connectivity index is 1.24. The minimum atomic E-state index is 0.315. The van der Waals surface area contributed by atoms with Crippen molar-refractivity contribution in [3.63, 3.8) is 0 Å². The first-order valence-corrected chi connectivity index (χ1v) is 10.9. The topological polar surface area (TPSA) is 39.7 Å². The molecule has 0 aliphatic carbocycles. The van der Waals surface area contributed by atoms with E-state index >= 15 is 0 Å². The molecule has 0 radical (unpaired) electrons. The van der Waals surface area contributed by atoms with Gasteiger partial charge >= 0.3 is 0 Å². The van der Waals surface area contributed by atoms with Crippen LogP contribution in [0.2, 0.25) is 0 Å². The van der Waals surface area contributed by atoms with Crippen LogP contribution in [-0.2, 0) is 11.3 Å². The predicted octanol–water partition coefficient (Wildman–Crippen LogP) is 2.94. The van der Waals surface area contributed by atoms with E-state index < -0.39 is 0 Å². The lowest BCUT2D eigenvalue weighted by atomic mass is 10.1. The number of thiazole rings is 1. The molecular formula is C21H28N4OS. The molecule has 2 fully saturated rings. The summed E-state index contributed by atoms with van der Waals surface area (Å²) < 4.78 is 0. The van der Waals surface area contributed by atoms with E-state index in [1.807, 2.05) is 6.07 Å². The van der Waals surface area contributed by atoms with Gasteiger partial charge in [0.15, 0.2) is 0 Å². The normalized spacial score (nSPS) is 19.3. The lowest BCUT2D eigenvalue weighted by Crippen LogP contribution is -2.50. The van der Waals surface area contributed by atoms with E-state index in [4.69, 9.17) is 4.98 Å². The van der Waals surface area contributed by atoms with E-state index in [9.17, 15) is 4.79 Å². The summed E-state index contributed by atoms with van der Waals surface area (Å²) in [5, 5.41) is 3.27. The Morgan fingerprint density at radius 1 is 0.926 bits per heavy atom. The number of likely N-dealkylation sites (tertiary alicyclic amines) is 1. The van der Waals surface area contributed by atoms with Crippen LogP contribution in [-0.4, -0.2) is 71.4 Å². The van der Waals surface area contributed by atoms with Gasteiger partial charge in [-0.05, 0) is 19.3 Å². The highest BCUT2D eigenvalue weighted by Gasteiger charge is 2.23. The molecular weight excluding hydrogens is 356 g/mol. The molecule has 0 spiro atoms. The molecule has 1 aromatic carbocycles. The van der Waals surface area contributed by atoms with Crippen LogP contribution in [0, 0.1) is 0 Å². The summed E-state index contributed by atoms with van der Waals surface area (Å²) in [5.74, 6) is 0.315. The number of hydrogen-bond donors (Lipinski definition) is 0. The summed E-state index contributed by atoms with van der Waals surface area (Å²) in [4.78, 5) is 24.1. The molecule has 2 aromatic rings. The van der Waals surface area contributed by atoms with Crippen molar-refractivity contribution in [2.24, 2.45) is 0 Å². The van der Waals surface area contributed by atoms with Crippen molar-refractivity contribution in [1.29, 1.82) is 0 Å². The van der Waals surface area contributed by atoms with E-state index in [-0.39, 0.29) is 0 Å². The molecule has 2 aliphatic rings. The first-order valence-electron chi connectivity index (χ1n) is 10.0. The highest BCUT2D eigenvalue weighted by Crippen LogP contribution is 2.24. The van der Waals surface area contributed by atoms with E-state index in [0.717, 1.165) is 69.4 Å². The Bertz CT molecular complexity index is 734. The van der Waals surface area contributed by atoms with Gasteiger partial charge in [-0.25, -0.2) is 4.98 Å². The zero-order valence-corrected chi connectivity index (χ0v) is 16.7. The standard InChI is InChI=1S/C21H28N4OS/c26-20(25-9-5-2-6-10-25)16-24-13-11-23(12-14-24)15-19-17-27-21(22-19)18-7-3-1-4-8-18/h1,3-4,7-8,17H,2,5-6,9-16H2. The zero-order chi connectivity index (χ0) is 18.5. The Hall–Kier alpha value is -1.76. The van der Waals surface area contributed by atoms with Gasteiger partial charge in [0.1, 0.15) is 5.01 Å². The van der Waals surface area contributed by atoms with E-state index in [1.54, 1.807) is 11.3 Å². The highest BCUT2D eigenvalue weighted by atomic mass is 32.1. The Morgan fingerprint density at radius 3 is 2.37 bits per heavy atom. The number of carbonyl (C=O) groups excluding carboxylic acids is 1. The summed E-state index contributed by atoms with van der Waals surface area (Å²) in [5.41, 5.74) is 2.34. The van der Waals surface area contributed by atoms with Gasteiger partial charge in [0.05, 0.1) is 12.2 Å². The molecule has 4 rings (SSSR count). The zero-order valence-electron chi connectivity index (χ0n) is 15.8. The number of amides is 1. The average Bonchev–Trinajstić information content (AvgIpc) is 3.19. The van der Waals surface area contributed by atoms with E-state index in [0.29, 0.717) is 12.5 Å². The maximum absolute atomic E-state index is 12.4. The second-order valence-electron chi connectivity index (χ2n) is 7.50. The van der Waals surface area contributed by atoms with Crippen LogP contribution < -0.4 is 0 Å². The van der Waals surface area contributed by atoms with Crippen molar-refractivity contribution in [2.75, 3.05) is 45.8 Å². The molecule has 0 atom stereocenters. The van der Waals surface area contributed by atoms with Crippen LogP contribution in [0.4, 0.5) is 0 Å². The molecule has 3 heterocycles. The Kier molecular flexibility index (Phi) is 6.17. The molecule has 2 saturated heterocycles. The number of nitrogens with zero attached hydrogens (tertiary/aromatic N) is 4. The second kappa shape index (κ2) is 8.95. The molecule has 5 nitrogen and oxygen atoms in total. The lowest BCUT2D eigenvalue weighted by Gasteiger charge is -2.35. The Morgan fingerprint density at radius 2 is 1.63 bits per heavy atom. The number of piperidine rings is 1. The van der Waals surface area contributed by atoms with E-state index in [1.165, 1.54) is 12.0 Å². The third kappa shape index (κ3) is 4.94. The highest BCUT2D eigenvalue weighted by molar-refractivity contribution is 7.13. The van der Waals surface area contributed by atoms with Gasteiger partial charge in [-0.15, -0.1) is 11.3 Å². The average molecular weight is 385 g/mol. The van der Waals surface area contributed by atoms with Crippen LogP contribution in [0.3, 0.4) is 0 Å². The van der Waals surface area contributed by atoms with Gasteiger partial charge in [0.25, 0.3) is 0 Å². The fourth-order valence-corrected chi connectivity index (χ4v) is 4.68. The van der Waals surface area contributed by atoms with Gasteiger partial charge in [0.2, 0.25) is 5.91 Å². The fourth-order valence-electron chi connectivity index (χ4n) is 3.86. The van der Waals surface area contributed by atoms with Crippen molar-refractivity contribution in [2.45, 2.75) is 25.8 Å². The van der Waals surface area contributed by atoms with E-state index in [2.05, 4.69) is 44.3 Å². The molecule has 2 aliphatic heterocycles. The third-order valence-electron chi connectivity index (χ3n) is 5.49. The second-order valence-corrected chi connectivity index (χ2v) is 8.36. The molecule has 1 aromatic heterocycles. The largest absolute Gasteiger partial charge is 0.342 e. The maximum Gasteiger partial charge on any atom is 0.236 e. The maximum atomic E-state index is 12.4. The quantitative estimate of drug-likeness (QED) is 0.795. The number of aromatic nitrogens is 1. The van der Waals surface area contributed by atoms with Crippen LogP contribution in [0.25, 0.3) is 10.6 Å². The van der Waals surface area contributed by atoms with Crippen molar-refractivity contribution < 1.29 is 4.79 Å². The number of carbonyl (C=O) groups is 1. The third-order valence-corrected chi connectivity index (χ3v) is 6.43. The monoisotopic (exact) mass is 384 g/mol. The first kappa shape index (κ1) is 18.6. The molecule has 0 N–H and O–H groups in total. The van der Waals surface area contributed by atoms with Crippen LogP contribution in [0.5, 0.6) is 0 Å². The Labute approximate surface area is 165 Å². The molecule has 0 unspecified atom stereocenters. The molecule has 27 heavy (non-hydrogen) atoms. The van der Waals surface area contributed by atoms with Gasteiger partial charge < -0.3 is 4.90 Å². The van der Waals surface area contributed by atoms with Gasteiger partial charge in [-0.2, -0.15) is 0 Å². The fraction of sp³-hybridized carbons (Fsp3) is 0.524. The van der Waals surface area contributed by atoms with Crippen LogP contribution in [0.15, 0.2) is 35.7 Å². The number of hydrogen-bond acceptors (Lipinski definition) is 5. The minimum absolute atomic E-state index is 0.315. The van der Waals surface area contributed by atoms with Crippen LogP contribution >= 0.6 is 11.3 Å². The lowest BCUT2D eigenvalue weighted by molar-refractivity contribution is -0.133. The number of rotatable bonds is 5. The smallest absolute Gasteiger partial charge is 0.236 e. The van der Waals surface area contributed by atoms with Crippen molar-refractivity contribution in [3.8, 4) is 10.6 Å². The van der Waals surface area contributed by atoms with Gasteiger partial charge in [-0.3, -0.25) is 14.6 Å². The first-order chi connectivity index (χ1) is 13.3. The van der Waals surface area contributed by atoms with Crippen molar-refractivity contribution in [3.05, 3.63) is 41.4 Å². The molecule has 0 bridgehead atoms. The van der Waals surface area contributed by atoms with Gasteiger partial charge in [0, 0.05) is 56.8 Å². The molecule has 6 heteroatoms. The summed E-state index contributed by atoms with van der Waals surface area (Å²) >= 11 is 1.72. The molecule has 144 valence electrons. The molecule has 1 amide bonds. The molecule has 0 saturated carbocycles. The number of benzene rings is 1. The predicted molar refractivity (Wildman–Crippen MR) is 110 cm³/mol. The summed E-state index contributed by atoms with van der Waals surface area (Å²) in [6.45, 7) is 7.33. The van der Waals surface area contributed by atoms with Gasteiger partial charge in [-0.1, -0.05) is 30.3 Å². The summed E-state index contributed by atoms with van der Waals surface area (Å²) in [6.07, 6.45) is 3.60. The minimum Gasteiger partial charge on any atom is -0.342 e. The number of piperazine rings is 1. The summed E-state index contributed by atoms with van der Waals surface area (Å²) in [7, 11) is 0. The van der Waals surface area contributed by atoms with Crippen LogP contribution in [0.1, 0.15) is 25.0 Å².